The van der Waals surface area contributed by atoms with Gasteiger partial charge in [0, 0.05) is 45.8 Å². The molecule has 25 heavy (non-hydrogen) atoms. The molecule has 0 N–H and O–H groups in total. The third-order valence-corrected chi connectivity index (χ3v) is 5.29. The summed E-state index contributed by atoms with van der Waals surface area (Å²) in [6.07, 6.45) is 0.731. The minimum Gasteiger partial charge on any atom is -0.378 e. The Morgan fingerprint density at radius 3 is 2.48 bits per heavy atom. The molecular formula is C19H28FN3O2. The van der Waals surface area contributed by atoms with Crippen LogP contribution in [0.15, 0.2) is 24.3 Å². The summed E-state index contributed by atoms with van der Waals surface area (Å²) in [5.74, 6) is 0.0916. The number of ether oxygens (including phenoxy) is 1. The zero-order valence-corrected chi connectivity index (χ0v) is 15.0. The first-order valence-electron chi connectivity index (χ1n) is 9.21. The fourth-order valence-electron chi connectivity index (χ4n) is 3.56. The lowest BCUT2D eigenvalue weighted by Crippen LogP contribution is -2.56. The molecule has 3 rings (SSSR count). The quantitative estimate of drug-likeness (QED) is 0.801. The zero-order valence-electron chi connectivity index (χ0n) is 15.0. The summed E-state index contributed by atoms with van der Waals surface area (Å²) in [7, 11) is 0. The fraction of sp³-hybridized carbons (Fsp3) is 0.632. The van der Waals surface area contributed by atoms with E-state index in [9.17, 15) is 9.18 Å². The molecular weight excluding hydrogens is 321 g/mol. The molecule has 138 valence electrons. The smallest absolute Gasteiger partial charge is 0.239 e. The van der Waals surface area contributed by atoms with Crippen LogP contribution in [-0.4, -0.2) is 85.7 Å². The van der Waals surface area contributed by atoms with Gasteiger partial charge in [-0.2, -0.15) is 0 Å². The topological polar surface area (TPSA) is 36.0 Å². The van der Waals surface area contributed by atoms with E-state index in [-0.39, 0.29) is 17.8 Å². The number of nitrogens with zero attached hydrogens (tertiary/aromatic N) is 3. The van der Waals surface area contributed by atoms with Crippen molar-refractivity contribution in [3.05, 3.63) is 35.6 Å². The number of carbonyl (C=O) groups excluding carboxylic acids is 1. The standard InChI is InChI=1S/C19H28FN3O2/c1-16(19(24)23-12-14-25-15-13-23)22-10-8-21(9-11-22)7-6-17-4-2-3-5-18(17)20/h2-5,16H,6-15H2,1H3/t16-/m0/s1. The van der Waals surface area contributed by atoms with Gasteiger partial charge in [0.05, 0.1) is 19.3 Å². The molecule has 0 bridgehead atoms. The van der Waals surface area contributed by atoms with Crippen molar-refractivity contribution in [2.24, 2.45) is 0 Å². The number of hydrogen-bond donors (Lipinski definition) is 0. The molecule has 6 heteroatoms. The van der Waals surface area contributed by atoms with E-state index in [1.54, 1.807) is 6.07 Å². The molecule has 2 saturated heterocycles. The maximum atomic E-state index is 13.7. The second kappa shape index (κ2) is 8.74. The zero-order chi connectivity index (χ0) is 17.6. The monoisotopic (exact) mass is 349 g/mol. The van der Waals surface area contributed by atoms with Gasteiger partial charge in [-0.15, -0.1) is 0 Å². The van der Waals surface area contributed by atoms with Crippen LogP contribution in [0.2, 0.25) is 0 Å². The number of morpholine rings is 1. The Morgan fingerprint density at radius 1 is 1.12 bits per heavy atom. The Hall–Kier alpha value is -1.50. The second-order valence-electron chi connectivity index (χ2n) is 6.83. The molecule has 2 aliphatic rings. The van der Waals surface area contributed by atoms with E-state index in [4.69, 9.17) is 4.74 Å². The molecule has 2 fully saturated rings. The third kappa shape index (κ3) is 4.77. The molecule has 0 unspecified atom stereocenters. The number of hydrogen-bond acceptors (Lipinski definition) is 4. The van der Waals surface area contributed by atoms with Gasteiger partial charge in [0.25, 0.3) is 0 Å². The van der Waals surface area contributed by atoms with Crippen molar-refractivity contribution in [3.63, 3.8) is 0 Å². The van der Waals surface area contributed by atoms with Gasteiger partial charge in [-0.1, -0.05) is 18.2 Å². The van der Waals surface area contributed by atoms with Crippen LogP contribution in [0.3, 0.4) is 0 Å². The van der Waals surface area contributed by atoms with Crippen LogP contribution < -0.4 is 0 Å². The molecule has 5 nitrogen and oxygen atoms in total. The Labute approximate surface area is 149 Å². The predicted molar refractivity (Wildman–Crippen MR) is 95.0 cm³/mol. The van der Waals surface area contributed by atoms with Crippen LogP contribution in [0.4, 0.5) is 4.39 Å². The van der Waals surface area contributed by atoms with Gasteiger partial charge in [0.2, 0.25) is 5.91 Å². The number of amides is 1. The number of halogens is 1. The Bertz CT molecular complexity index is 570. The number of piperazine rings is 1. The van der Waals surface area contributed by atoms with E-state index >= 15 is 0 Å². The van der Waals surface area contributed by atoms with Crippen molar-refractivity contribution < 1.29 is 13.9 Å². The second-order valence-corrected chi connectivity index (χ2v) is 6.83. The van der Waals surface area contributed by atoms with Crippen LogP contribution in [0.1, 0.15) is 12.5 Å². The van der Waals surface area contributed by atoms with Gasteiger partial charge in [-0.25, -0.2) is 4.39 Å². The van der Waals surface area contributed by atoms with Gasteiger partial charge in [-0.3, -0.25) is 9.69 Å². The fourth-order valence-corrected chi connectivity index (χ4v) is 3.56. The van der Waals surface area contributed by atoms with E-state index in [1.165, 1.54) is 6.07 Å². The molecule has 0 spiro atoms. The minimum atomic E-state index is -0.120. The lowest BCUT2D eigenvalue weighted by molar-refractivity contribution is -0.141. The van der Waals surface area contributed by atoms with Crippen molar-refractivity contribution in [1.82, 2.24) is 14.7 Å². The first kappa shape index (κ1) is 18.3. The highest BCUT2D eigenvalue weighted by Crippen LogP contribution is 2.12. The highest BCUT2D eigenvalue weighted by atomic mass is 19.1. The SMILES string of the molecule is C[C@@H](C(=O)N1CCOCC1)N1CCN(CCc2ccccc2F)CC1. The first-order chi connectivity index (χ1) is 12.1. The molecule has 1 aromatic rings. The summed E-state index contributed by atoms with van der Waals surface area (Å²) >= 11 is 0. The van der Waals surface area contributed by atoms with E-state index in [0.717, 1.165) is 44.7 Å². The lowest BCUT2D eigenvalue weighted by Gasteiger charge is -2.39. The lowest BCUT2D eigenvalue weighted by atomic mass is 10.1. The summed E-state index contributed by atoms with van der Waals surface area (Å²) in [5, 5.41) is 0. The highest BCUT2D eigenvalue weighted by Gasteiger charge is 2.29. The summed E-state index contributed by atoms with van der Waals surface area (Å²) in [6.45, 7) is 9.17. The molecule has 1 atom stereocenters. The Balaban J connectivity index is 1.43. The molecule has 0 saturated carbocycles. The van der Waals surface area contributed by atoms with Gasteiger partial charge in [0.1, 0.15) is 5.82 Å². The summed E-state index contributed by atoms with van der Waals surface area (Å²) in [6, 6.07) is 6.91. The van der Waals surface area contributed by atoms with Crippen LogP contribution in [0.25, 0.3) is 0 Å². The summed E-state index contributed by atoms with van der Waals surface area (Å²) < 4.78 is 19.0. The number of rotatable bonds is 5. The van der Waals surface area contributed by atoms with E-state index < -0.39 is 0 Å². The highest BCUT2D eigenvalue weighted by molar-refractivity contribution is 5.81. The van der Waals surface area contributed by atoms with E-state index in [2.05, 4.69) is 9.80 Å². The Morgan fingerprint density at radius 2 is 1.80 bits per heavy atom. The van der Waals surface area contributed by atoms with Crippen molar-refractivity contribution in [2.45, 2.75) is 19.4 Å². The van der Waals surface area contributed by atoms with E-state index in [0.29, 0.717) is 26.3 Å². The maximum Gasteiger partial charge on any atom is 0.239 e. The van der Waals surface area contributed by atoms with Crippen molar-refractivity contribution in [3.8, 4) is 0 Å². The molecule has 1 amide bonds. The van der Waals surface area contributed by atoms with Crippen LogP contribution >= 0.6 is 0 Å². The minimum absolute atomic E-state index is 0.0770. The van der Waals surface area contributed by atoms with Crippen molar-refractivity contribution >= 4 is 5.91 Å². The van der Waals surface area contributed by atoms with Gasteiger partial charge >= 0.3 is 0 Å². The van der Waals surface area contributed by atoms with E-state index in [1.807, 2.05) is 24.0 Å². The third-order valence-electron chi connectivity index (χ3n) is 5.29. The van der Waals surface area contributed by atoms with Crippen molar-refractivity contribution in [1.29, 1.82) is 0 Å². The molecule has 1 aromatic carbocycles. The van der Waals surface area contributed by atoms with Crippen LogP contribution in [0, 0.1) is 5.82 Å². The molecule has 0 radical (unpaired) electrons. The van der Waals surface area contributed by atoms with Crippen LogP contribution in [-0.2, 0) is 16.0 Å². The summed E-state index contributed by atoms with van der Waals surface area (Å²) in [5.41, 5.74) is 0.779. The number of benzene rings is 1. The molecule has 2 heterocycles. The van der Waals surface area contributed by atoms with Crippen LogP contribution in [0.5, 0.6) is 0 Å². The maximum absolute atomic E-state index is 13.7. The normalized spacial score (nSPS) is 21.3. The number of carbonyl (C=O) groups is 1. The Kier molecular flexibility index (Phi) is 6.39. The predicted octanol–water partition coefficient (Wildman–Crippen LogP) is 1.23. The van der Waals surface area contributed by atoms with Gasteiger partial charge in [0.15, 0.2) is 0 Å². The molecule has 0 aromatic heterocycles. The van der Waals surface area contributed by atoms with Gasteiger partial charge in [-0.05, 0) is 25.0 Å². The van der Waals surface area contributed by atoms with Gasteiger partial charge < -0.3 is 14.5 Å². The molecule has 0 aliphatic carbocycles. The molecule has 2 aliphatic heterocycles. The average Bonchev–Trinajstić information content (AvgIpc) is 2.67. The first-order valence-corrected chi connectivity index (χ1v) is 9.21. The average molecular weight is 349 g/mol. The summed E-state index contributed by atoms with van der Waals surface area (Å²) in [4.78, 5) is 19.1. The van der Waals surface area contributed by atoms with Crippen molar-refractivity contribution in [2.75, 3.05) is 59.0 Å². The largest absolute Gasteiger partial charge is 0.378 e.